The van der Waals surface area contributed by atoms with Crippen LogP contribution in [0.5, 0.6) is 0 Å². The first-order valence-electron chi connectivity index (χ1n) is 10.7. The molecule has 1 aromatic carbocycles. The van der Waals surface area contributed by atoms with Crippen LogP contribution in [0.3, 0.4) is 0 Å². The maximum absolute atomic E-state index is 10.8. The number of carboxylic acids is 3. The summed E-state index contributed by atoms with van der Waals surface area (Å²) in [5.74, 6) is -3.02. The second kappa shape index (κ2) is 10.6. The van der Waals surface area contributed by atoms with E-state index in [1.807, 2.05) is 48.3 Å². The van der Waals surface area contributed by atoms with Crippen molar-refractivity contribution < 1.29 is 29.7 Å². The summed E-state index contributed by atoms with van der Waals surface area (Å²) in [5, 5.41) is 34.7. The molecule has 0 aliphatic heterocycles. The standard InChI is InChI=1S/C16H16N4O2.C9H10O4/c1-12-6-17-19(8-12)9-13-2-4-14(5-3-13)10-20-11-15(7-18-20)16(21)22;1-9(8(12)13)4-2-3-6(5-9)7(10)11/h2-8,11H,9-10H2,1H3,(H,21,22);2-4H,5H2,1H3,(H,10,11)(H,12,13). The number of aromatic nitrogens is 4. The van der Waals surface area contributed by atoms with Crippen molar-refractivity contribution >= 4 is 17.9 Å². The zero-order valence-corrected chi connectivity index (χ0v) is 19.3. The highest BCUT2D eigenvalue weighted by molar-refractivity contribution is 5.90. The molecule has 0 radical (unpaired) electrons. The number of benzene rings is 1. The summed E-state index contributed by atoms with van der Waals surface area (Å²) >= 11 is 0. The van der Waals surface area contributed by atoms with Crippen LogP contribution in [-0.4, -0.2) is 52.8 Å². The number of rotatable bonds is 7. The van der Waals surface area contributed by atoms with Gasteiger partial charge in [-0.1, -0.05) is 42.5 Å². The highest BCUT2D eigenvalue weighted by atomic mass is 16.4. The minimum absolute atomic E-state index is 0.0359. The normalized spacial score (nSPS) is 16.7. The second-order valence-electron chi connectivity index (χ2n) is 8.52. The SMILES string of the molecule is CC1(C(=O)O)C=CC=C(C(=O)O)C1.Cc1cnn(Cc2ccc(Cn3cc(C(=O)O)cn3)cc2)c1. The zero-order valence-electron chi connectivity index (χ0n) is 19.3. The summed E-state index contributed by atoms with van der Waals surface area (Å²) in [6.07, 6.45) is 11.2. The van der Waals surface area contributed by atoms with Crippen LogP contribution in [0.25, 0.3) is 0 Å². The summed E-state index contributed by atoms with van der Waals surface area (Å²) in [6.45, 7) is 4.80. The molecule has 3 aromatic rings. The van der Waals surface area contributed by atoms with E-state index >= 15 is 0 Å². The summed E-state index contributed by atoms with van der Waals surface area (Å²) in [7, 11) is 0. The average Bonchev–Trinajstić information content (AvgIpc) is 3.44. The van der Waals surface area contributed by atoms with E-state index < -0.39 is 23.3 Å². The van der Waals surface area contributed by atoms with Crippen LogP contribution >= 0.6 is 0 Å². The number of allylic oxidation sites excluding steroid dienone is 2. The number of hydrogen-bond acceptors (Lipinski definition) is 5. The van der Waals surface area contributed by atoms with Crippen LogP contribution in [0.4, 0.5) is 0 Å². The lowest BCUT2D eigenvalue weighted by Gasteiger charge is -2.23. The van der Waals surface area contributed by atoms with E-state index in [0.29, 0.717) is 6.54 Å². The fraction of sp³-hybridized carbons (Fsp3) is 0.240. The lowest BCUT2D eigenvalue weighted by atomic mass is 9.80. The third kappa shape index (κ3) is 6.76. The van der Waals surface area contributed by atoms with Gasteiger partial charge in [0.1, 0.15) is 0 Å². The molecule has 1 atom stereocenters. The van der Waals surface area contributed by atoms with E-state index in [2.05, 4.69) is 10.2 Å². The molecule has 1 aliphatic rings. The molecule has 10 nitrogen and oxygen atoms in total. The van der Waals surface area contributed by atoms with Gasteiger partial charge >= 0.3 is 17.9 Å². The molecule has 0 bridgehead atoms. The maximum atomic E-state index is 10.8. The van der Waals surface area contributed by atoms with Crippen molar-refractivity contribution in [3.05, 3.63) is 95.1 Å². The molecule has 10 heteroatoms. The topological polar surface area (TPSA) is 148 Å². The van der Waals surface area contributed by atoms with Crippen LogP contribution < -0.4 is 0 Å². The second-order valence-corrected chi connectivity index (χ2v) is 8.52. The molecule has 3 N–H and O–H groups in total. The van der Waals surface area contributed by atoms with Gasteiger partial charge in [-0.3, -0.25) is 14.2 Å². The van der Waals surface area contributed by atoms with Crippen molar-refractivity contribution in [1.29, 1.82) is 0 Å². The Kier molecular flexibility index (Phi) is 7.65. The minimum Gasteiger partial charge on any atom is -0.481 e. The first kappa shape index (κ1) is 25.2. The molecule has 1 unspecified atom stereocenters. The molecule has 182 valence electrons. The average molecular weight is 479 g/mol. The fourth-order valence-corrected chi connectivity index (χ4v) is 3.42. The van der Waals surface area contributed by atoms with Gasteiger partial charge in [-0.15, -0.1) is 0 Å². The predicted molar refractivity (Wildman–Crippen MR) is 126 cm³/mol. The molecule has 1 aliphatic carbocycles. The van der Waals surface area contributed by atoms with Gasteiger partial charge in [0.15, 0.2) is 0 Å². The van der Waals surface area contributed by atoms with Gasteiger partial charge in [0.2, 0.25) is 0 Å². The molecule has 2 aromatic heterocycles. The van der Waals surface area contributed by atoms with Crippen molar-refractivity contribution in [1.82, 2.24) is 19.6 Å². The number of aromatic carboxylic acids is 1. The molecular formula is C25H26N4O6. The Morgan fingerprint density at radius 3 is 1.94 bits per heavy atom. The summed E-state index contributed by atoms with van der Waals surface area (Å²) in [4.78, 5) is 32.2. The summed E-state index contributed by atoms with van der Waals surface area (Å²) in [5.41, 5.74) is 2.63. The maximum Gasteiger partial charge on any atom is 0.338 e. The number of hydrogen-bond donors (Lipinski definition) is 3. The largest absolute Gasteiger partial charge is 0.481 e. The molecule has 35 heavy (non-hydrogen) atoms. The molecule has 0 spiro atoms. The van der Waals surface area contributed by atoms with Crippen molar-refractivity contribution in [2.24, 2.45) is 5.41 Å². The molecule has 4 rings (SSSR count). The Labute approximate surface area is 201 Å². The Morgan fingerprint density at radius 2 is 1.49 bits per heavy atom. The van der Waals surface area contributed by atoms with E-state index in [0.717, 1.165) is 17.7 Å². The number of carbonyl (C=O) groups is 3. The molecule has 0 saturated carbocycles. The monoisotopic (exact) mass is 478 g/mol. The molecule has 0 fully saturated rings. The quantitative estimate of drug-likeness (QED) is 0.469. The van der Waals surface area contributed by atoms with Crippen molar-refractivity contribution in [2.45, 2.75) is 33.4 Å². The molecular weight excluding hydrogens is 452 g/mol. The van der Waals surface area contributed by atoms with Crippen molar-refractivity contribution in [3.63, 3.8) is 0 Å². The van der Waals surface area contributed by atoms with Gasteiger partial charge in [0.05, 0.1) is 36.5 Å². The van der Waals surface area contributed by atoms with E-state index in [-0.39, 0.29) is 17.6 Å². The van der Waals surface area contributed by atoms with Crippen molar-refractivity contribution in [3.8, 4) is 0 Å². The van der Waals surface area contributed by atoms with Gasteiger partial charge in [0.25, 0.3) is 0 Å². The lowest BCUT2D eigenvalue weighted by molar-refractivity contribution is -0.145. The molecule has 2 heterocycles. The molecule has 0 saturated heterocycles. The smallest absolute Gasteiger partial charge is 0.338 e. The number of carboxylic acid groups (broad SMARTS) is 3. The first-order chi connectivity index (χ1) is 16.6. The summed E-state index contributed by atoms with van der Waals surface area (Å²) < 4.78 is 3.52. The van der Waals surface area contributed by atoms with Crippen LogP contribution in [-0.2, 0) is 22.7 Å². The third-order valence-corrected chi connectivity index (χ3v) is 5.44. The van der Waals surface area contributed by atoms with Crippen LogP contribution in [0.2, 0.25) is 0 Å². The summed E-state index contributed by atoms with van der Waals surface area (Å²) in [6, 6.07) is 8.14. The Morgan fingerprint density at radius 1 is 0.914 bits per heavy atom. The highest BCUT2D eigenvalue weighted by Crippen LogP contribution is 2.31. The highest BCUT2D eigenvalue weighted by Gasteiger charge is 2.34. The third-order valence-electron chi connectivity index (χ3n) is 5.44. The Bertz CT molecular complexity index is 1290. The van der Waals surface area contributed by atoms with Crippen LogP contribution in [0.1, 0.15) is 40.4 Å². The van der Waals surface area contributed by atoms with E-state index in [1.165, 1.54) is 43.1 Å². The predicted octanol–water partition coefficient (Wildman–Crippen LogP) is 3.23. The van der Waals surface area contributed by atoms with Crippen LogP contribution in [0.15, 0.2) is 72.9 Å². The van der Waals surface area contributed by atoms with Gasteiger partial charge in [-0.25, -0.2) is 9.59 Å². The number of nitrogens with zero attached hydrogens (tertiary/aromatic N) is 4. The van der Waals surface area contributed by atoms with Crippen LogP contribution in [0, 0.1) is 12.3 Å². The number of aliphatic carboxylic acids is 2. The van der Waals surface area contributed by atoms with Gasteiger partial charge in [-0.05, 0) is 37.0 Å². The van der Waals surface area contributed by atoms with E-state index in [4.69, 9.17) is 15.3 Å². The van der Waals surface area contributed by atoms with Gasteiger partial charge in [0, 0.05) is 18.0 Å². The van der Waals surface area contributed by atoms with E-state index in [1.54, 1.807) is 4.68 Å². The van der Waals surface area contributed by atoms with E-state index in [9.17, 15) is 14.4 Å². The van der Waals surface area contributed by atoms with Crippen molar-refractivity contribution in [2.75, 3.05) is 0 Å². The molecule has 0 amide bonds. The lowest BCUT2D eigenvalue weighted by Crippen LogP contribution is -2.28. The first-order valence-corrected chi connectivity index (χ1v) is 10.7. The van der Waals surface area contributed by atoms with Gasteiger partial charge < -0.3 is 15.3 Å². The number of aryl methyl sites for hydroxylation is 1. The fourth-order valence-electron chi connectivity index (χ4n) is 3.42. The Balaban J connectivity index is 0.000000225. The minimum atomic E-state index is -1.08. The Hall–Kier alpha value is -4.47. The van der Waals surface area contributed by atoms with Gasteiger partial charge in [-0.2, -0.15) is 10.2 Å². The zero-order chi connectivity index (χ0) is 25.6.